The summed E-state index contributed by atoms with van der Waals surface area (Å²) < 4.78 is 4.61. The molecule has 1 heterocycles. The molecule has 1 aromatic rings. The molecule has 1 fully saturated rings. The van der Waals surface area contributed by atoms with E-state index in [4.69, 9.17) is 5.73 Å². The second-order valence-electron chi connectivity index (χ2n) is 4.79. The summed E-state index contributed by atoms with van der Waals surface area (Å²) >= 11 is 0. The highest BCUT2D eigenvalue weighted by atomic mass is 16.5. The summed E-state index contributed by atoms with van der Waals surface area (Å²) in [5.74, 6) is 0.668. The number of hydrogen-bond donors (Lipinski definition) is 2. The van der Waals surface area contributed by atoms with Gasteiger partial charge in [-0.1, -0.05) is 12.8 Å². The molecule has 0 spiro atoms. The van der Waals surface area contributed by atoms with E-state index in [9.17, 15) is 4.79 Å². The van der Waals surface area contributed by atoms with Crippen LogP contribution in [0, 0.1) is 5.92 Å². The Morgan fingerprint density at radius 1 is 1.53 bits per heavy atom. The Hall–Kier alpha value is -1.69. The molecule has 104 valence electrons. The fraction of sp³-hybridized carbons (Fsp3) is 0.615. The van der Waals surface area contributed by atoms with Crippen LogP contribution in [0.1, 0.15) is 36.3 Å². The summed E-state index contributed by atoms with van der Waals surface area (Å²) in [5.41, 5.74) is 5.80. The lowest BCUT2D eigenvalue weighted by Gasteiger charge is -2.31. The van der Waals surface area contributed by atoms with E-state index < -0.39 is 5.97 Å². The van der Waals surface area contributed by atoms with Crippen molar-refractivity contribution in [3.8, 4) is 0 Å². The third kappa shape index (κ3) is 3.41. The van der Waals surface area contributed by atoms with Gasteiger partial charge in [0.25, 0.3) is 0 Å². The second kappa shape index (κ2) is 6.47. The van der Waals surface area contributed by atoms with Crippen molar-refractivity contribution in [1.82, 2.24) is 9.97 Å². The zero-order chi connectivity index (χ0) is 13.7. The van der Waals surface area contributed by atoms with Gasteiger partial charge in [0.05, 0.1) is 7.11 Å². The number of methoxy groups -OCH3 is 1. The van der Waals surface area contributed by atoms with Crippen molar-refractivity contribution in [1.29, 1.82) is 0 Å². The van der Waals surface area contributed by atoms with Crippen LogP contribution in [0.25, 0.3) is 0 Å². The Kier molecular flexibility index (Phi) is 4.68. The molecule has 2 rings (SSSR count). The lowest BCUT2D eigenvalue weighted by atomic mass is 9.84. The van der Waals surface area contributed by atoms with Crippen LogP contribution in [-0.4, -0.2) is 35.6 Å². The van der Waals surface area contributed by atoms with Crippen LogP contribution in [0.2, 0.25) is 0 Å². The van der Waals surface area contributed by atoms with Crippen molar-refractivity contribution in [2.45, 2.75) is 31.7 Å². The minimum atomic E-state index is -0.525. The smallest absolute Gasteiger partial charge is 0.376 e. The van der Waals surface area contributed by atoms with Crippen LogP contribution < -0.4 is 11.1 Å². The van der Waals surface area contributed by atoms with Gasteiger partial charge in [0, 0.05) is 12.2 Å². The van der Waals surface area contributed by atoms with Gasteiger partial charge in [-0.2, -0.15) is 0 Å². The first-order valence-corrected chi connectivity index (χ1v) is 6.62. The van der Waals surface area contributed by atoms with Crippen LogP contribution in [0.3, 0.4) is 0 Å². The quantitative estimate of drug-likeness (QED) is 0.794. The molecule has 6 heteroatoms. The molecule has 2 atom stereocenters. The maximum atomic E-state index is 11.4. The number of aromatic nitrogens is 2. The van der Waals surface area contributed by atoms with Crippen LogP contribution in [0.4, 0.5) is 5.82 Å². The van der Waals surface area contributed by atoms with Gasteiger partial charge in [-0.05, 0) is 31.4 Å². The molecule has 1 saturated carbocycles. The summed E-state index contributed by atoms with van der Waals surface area (Å²) in [4.78, 5) is 19.4. The lowest BCUT2D eigenvalue weighted by molar-refractivity contribution is 0.0587. The van der Waals surface area contributed by atoms with Crippen LogP contribution >= 0.6 is 0 Å². The molecule has 6 nitrogen and oxygen atoms in total. The Balaban J connectivity index is 2.07. The fourth-order valence-electron chi connectivity index (χ4n) is 2.50. The molecule has 0 aromatic carbocycles. The van der Waals surface area contributed by atoms with Gasteiger partial charge < -0.3 is 15.8 Å². The summed E-state index contributed by atoms with van der Waals surface area (Å²) in [7, 11) is 1.32. The van der Waals surface area contributed by atoms with Crippen LogP contribution in [-0.2, 0) is 4.74 Å². The number of nitrogens with one attached hydrogen (secondary N) is 1. The van der Waals surface area contributed by atoms with Crippen molar-refractivity contribution >= 4 is 11.8 Å². The third-order valence-electron chi connectivity index (χ3n) is 3.57. The van der Waals surface area contributed by atoms with Gasteiger partial charge in [-0.3, -0.25) is 0 Å². The maximum Gasteiger partial charge on any atom is 0.376 e. The molecule has 1 aliphatic carbocycles. The number of nitrogens with two attached hydrogens (primary N) is 1. The monoisotopic (exact) mass is 264 g/mol. The molecule has 0 radical (unpaired) electrons. The fourth-order valence-corrected chi connectivity index (χ4v) is 2.50. The van der Waals surface area contributed by atoms with Gasteiger partial charge in [0.2, 0.25) is 5.82 Å². The first-order chi connectivity index (χ1) is 9.24. The number of anilines is 1. The standard InChI is InChI=1S/C13H20N4O2/c1-19-13(18)12-15-7-6-11(17-12)16-10-5-3-2-4-9(10)8-14/h6-7,9-10H,2-5,8,14H2,1H3,(H,15,16,17). The second-order valence-corrected chi connectivity index (χ2v) is 4.79. The largest absolute Gasteiger partial charge is 0.463 e. The summed E-state index contributed by atoms with van der Waals surface area (Å²) in [6.07, 6.45) is 6.21. The Labute approximate surface area is 112 Å². The number of carbonyl (C=O) groups excluding carboxylic acids is 1. The molecule has 2 unspecified atom stereocenters. The first-order valence-electron chi connectivity index (χ1n) is 6.62. The highest BCUT2D eigenvalue weighted by Gasteiger charge is 2.24. The van der Waals surface area contributed by atoms with E-state index in [-0.39, 0.29) is 5.82 Å². The molecule has 1 aliphatic rings. The van der Waals surface area contributed by atoms with E-state index >= 15 is 0 Å². The van der Waals surface area contributed by atoms with E-state index in [1.54, 1.807) is 12.3 Å². The zero-order valence-electron chi connectivity index (χ0n) is 11.1. The van der Waals surface area contributed by atoms with Gasteiger partial charge in [-0.25, -0.2) is 14.8 Å². The molecule has 0 amide bonds. The Morgan fingerprint density at radius 2 is 2.32 bits per heavy atom. The topological polar surface area (TPSA) is 90.1 Å². The van der Waals surface area contributed by atoms with Crippen molar-refractivity contribution in [3.05, 3.63) is 18.1 Å². The number of hydrogen-bond acceptors (Lipinski definition) is 6. The molecule has 0 aliphatic heterocycles. The van der Waals surface area contributed by atoms with Crippen LogP contribution in [0.15, 0.2) is 12.3 Å². The van der Waals surface area contributed by atoms with E-state index in [1.807, 2.05) is 0 Å². The Bertz CT molecular complexity index is 438. The minimum absolute atomic E-state index is 0.0765. The van der Waals surface area contributed by atoms with E-state index in [0.717, 1.165) is 12.8 Å². The van der Waals surface area contributed by atoms with E-state index in [1.165, 1.54) is 20.0 Å². The van der Waals surface area contributed by atoms with Crippen molar-refractivity contribution < 1.29 is 9.53 Å². The predicted octanol–water partition coefficient (Wildman–Crippen LogP) is 1.19. The summed E-state index contributed by atoms with van der Waals surface area (Å²) in [6.45, 7) is 0.673. The predicted molar refractivity (Wildman–Crippen MR) is 71.8 cm³/mol. The number of carbonyl (C=O) groups is 1. The normalized spacial score (nSPS) is 22.8. The molecule has 3 N–H and O–H groups in total. The summed E-state index contributed by atoms with van der Waals surface area (Å²) in [5, 5.41) is 3.36. The maximum absolute atomic E-state index is 11.4. The number of ether oxygens (including phenoxy) is 1. The highest BCUT2D eigenvalue weighted by Crippen LogP contribution is 2.25. The zero-order valence-corrected chi connectivity index (χ0v) is 11.1. The van der Waals surface area contributed by atoms with Crippen molar-refractivity contribution in [3.63, 3.8) is 0 Å². The highest BCUT2D eigenvalue weighted by molar-refractivity contribution is 5.85. The molecule has 0 saturated heterocycles. The summed E-state index contributed by atoms with van der Waals surface area (Å²) in [6, 6.07) is 2.08. The first kappa shape index (κ1) is 13.7. The Morgan fingerprint density at radius 3 is 3.05 bits per heavy atom. The van der Waals surface area contributed by atoms with Crippen molar-refractivity contribution in [2.24, 2.45) is 11.7 Å². The molecule has 1 aromatic heterocycles. The SMILES string of the molecule is COC(=O)c1nccc(NC2CCCCC2CN)n1. The molecule has 19 heavy (non-hydrogen) atoms. The van der Waals surface area contributed by atoms with E-state index in [0.29, 0.717) is 24.3 Å². The van der Waals surface area contributed by atoms with Gasteiger partial charge in [-0.15, -0.1) is 0 Å². The van der Waals surface area contributed by atoms with Gasteiger partial charge in [0.15, 0.2) is 0 Å². The van der Waals surface area contributed by atoms with Gasteiger partial charge >= 0.3 is 5.97 Å². The average Bonchev–Trinajstić information content (AvgIpc) is 2.47. The molecular weight excluding hydrogens is 244 g/mol. The minimum Gasteiger partial charge on any atom is -0.463 e. The van der Waals surface area contributed by atoms with Gasteiger partial charge in [0.1, 0.15) is 5.82 Å². The third-order valence-corrected chi connectivity index (χ3v) is 3.57. The number of rotatable bonds is 4. The average molecular weight is 264 g/mol. The number of nitrogens with zero attached hydrogens (tertiary/aromatic N) is 2. The van der Waals surface area contributed by atoms with Crippen molar-refractivity contribution in [2.75, 3.05) is 19.0 Å². The van der Waals surface area contributed by atoms with E-state index in [2.05, 4.69) is 20.0 Å². The van der Waals surface area contributed by atoms with Crippen LogP contribution in [0.5, 0.6) is 0 Å². The molecule has 0 bridgehead atoms. The lowest BCUT2D eigenvalue weighted by Crippen LogP contribution is -2.37. The number of esters is 1. The molecular formula is C13H20N4O2.